The summed E-state index contributed by atoms with van der Waals surface area (Å²) in [5, 5.41) is 9.05. The Labute approximate surface area is 280 Å². The third-order valence-electron chi connectivity index (χ3n) is 8.70. The molecule has 3 aromatic rings. The number of ether oxygens (including phenoxy) is 3. The minimum absolute atomic E-state index is 0.117. The van der Waals surface area contributed by atoms with Crippen LogP contribution in [0, 0.1) is 5.92 Å². The molecule has 1 aliphatic carbocycles. The second kappa shape index (κ2) is 14.1. The lowest BCUT2D eigenvalue weighted by atomic mass is 9.95. The van der Waals surface area contributed by atoms with Gasteiger partial charge in [-0.2, -0.15) is 0 Å². The quantitative estimate of drug-likeness (QED) is 0.282. The van der Waals surface area contributed by atoms with Crippen molar-refractivity contribution >= 4 is 38.9 Å². The van der Waals surface area contributed by atoms with Crippen LogP contribution < -0.4 is 39.9 Å². The van der Waals surface area contributed by atoms with Crippen LogP contribution in [-0.4, -0.2) is 59.9 Å². The number of amides is 2. The number of benzene rings is 2. The third-order valence-corrected chi connectivity index (χ3v) is 10.6. The second-order valence-corrected chi connectivity index (χ2v) is 14.3. The van der Waals surface area contributed by atoms with Gasteiger partial charge in [0.1, 0.15) is 6.04 Å². The number of rotatable bonds is 10. The Bertz CT molecular complexity index is 1880. The number of hydrogen-bond donors (Lipinski definition) is 3. The van der Waals surface area contributed by atoms with E-state index in [0.717, 1.165) is 11.1 Å². The topological polar surface area (TPSA) is 152 Å². The van der Waals surface area contributed by atoms with E-state index in [1.165, 1.54) is 31.5 Å². The molecule has 0 unspecified atom stereocenters. The number of anilines is 3. The first kappa shape index (κ1) is 34.6. The Balaban J connectivity index is 1.51. The summed E-state index contributed by atoms with van der Waals surface area (Å²) in [5.74, 6) is 0.653. The summed E-state index contributed by atoms with van der Waals surface area (Å²) in [6, 6.07) is 12.2. The molecule has 256 valence electrons. The molecule has 48 heavy (non-hydrogen) atoms. The highest BCUT2D eigenvalue weighted by molar-refractivity contribution is 7.93. The summed E-state index contributed by atoms with van der Waals surface area (Å²) in [6.07, 6.45) is 1.66. The summed E-state index contributed by atoms with van der Waals surface area (Å²) in [5.41, 5.74) is 3.80. The molecule has 13 heteroatoms. The Kier molecular flexibility index (Phi) is 10.2. The van der Waals surface area contributed by atoms with Gasteiger partial charge in [0.25, 0.3) is 0 Å². The molecule has 12 nitrogen and oxygen atoms in total. The molecule has 3 aromatic carbocycles. The lowest BCUT2D eigenvalue weighted by Gasteiger charge is -2.22. The van der Waals surface area contributed by atoms with Crippen LogP contribution in [0.4, 0.5) is 17.1 Å². The number of sulfonamides is 1. The molecule has 0 aromatic heterocycles. The van der Waals surface area contributed by atoms with E-state index in [-0.39, 0.29) is 34.6 Å². The van der Waals surface area contributed by atoms with E-state index in [1.807, 2.05) is 19.9 Å². The molecule has 5 rings (SSSR count). The highest BCUT2D eigenvalue weighted by atomic mass is 32.2. The summed E-state index contributed by atoms with van der Waals surface area (Å²) in [4.78, 5) is 39.7. The van der Waals surface area contributed by atoms with Crippen LogP contribution in [0.2, 0.25) is 0 Å². The van der Waals surface area contributed by atoms with Gasteiger partial charge in [0, 0.05) is 24.7 Å². The molecule has 0 saturated carbocycles. The van der Waals surface area contributed by atoms with Crippen molar-refractivity contribution in [2.45, 2.75) is 52.1 Å². The fraction of sp³-hybridized carbons (Fsp3) is 0.400. The average molecular weight is 679 g/mol. The molecular weight excluding hydrogens is 636 g/mol. The normalized spacial score (nSPS) is 17.0. The first-order valence-corrected chi connectivity index (χ1v) is 17.4. The van der Waals surface area contributed by atoms with Gasteiger partial charge in [0.05, 0.1) is 44.5 Å². The van der Waals surface area contributed by atoms with Crippen molar-refractivity contribution in [1.82, 2.24) is 5.32 Å². The van der Waals surface area contributed by atoms with Gasteiger partial charge in [-0.05, 0) is 84.3 Å². The summed E-state index contributed by atoms with van der Waals surface area (Å²) >= 11 is 0. The van der Waals surface area contributed by atoms with E-state index in [0.29, 0.717) is 65.6 Å². The van der Waals surface area contributed by atoms with Crippen molar-refractivity contribution in [3.8, 4) is 28.4 Å². The summed E-state index contributed by atoms with van der Waals surface area (Å²) < 4.78 is 43.1. The van der Waals surface area contributed by atoms with Crippen LogP contribution in [0.1, 0.15) is 50.8 Å². The van der Waals surface area contributed by atoms with Crippen molar-refractivity contribution < 1.29 is 32.2 Å². The number of carbonyl (C=O) groups is 2. The van der Waals surface area contributed by atoms with E-state index < -0.39 is 22.1 Å². The van der Waals surface area contributed by atoms with E-state index in [4.69, 9.17) is 14.2 Å². The Hall–Kier alpha value is -4.78. The van der Waals surface area contributed by atoms with Crippen molar-refractivity contribution in [3.63, 3.8) is 0 Å². The number of aryl methyl sites for hydroxylation is 1. The Morgan fingerprint density at radius 3 is 2.25 bits per heavy atom. The second-order valence-electron chi connectivity index (χ2n) is 12.2. The van der Waals surface area contributed by atoms with Crippen LogP contribution in [0.5, 0.6) is 17.2 Å². The molecule has 1 aliphatic heterocycles. The van der Waals surface area contributed by atoms with Crippen molar-refractivity contribution in [2.75, 3.05) is 48.6 Å². The lowest BCUT2D eigenvalue weighted by Crippen LogP contribution is -2.39. The van der Waals surface area contributed by atoms with Gasteiger partial charge in [-0.15, -0.1) is 0 Å². The molecule has 1 saturated heterocycles. The lowest BCUT2D eigenvalue weighted by molar-refractivity contribution is -0.120. The zero-order valence-electron chi connectivity index (χ0n) is 28.0. The SMILES string of the molecule is COc1cc2c(c(OC)c1OC)-c1ccc(N[C@H](C(=O)Nc3ccc(N4CCCS4(=O)=O)cc3)C(C)C)c(=O)cc1[C@@H](NC(C)=O)CC2. The van der Waals surface area contributed by atoms with Crippen molar-refractivity contribution in [2.24, 2.45) is 5.92 Å². The first-order valence-electron chi connectivity index (χ1n) is 15.8. The van der Waals surface area contributed by atoms with E-state index in [2.05, 4.69) is 16.0 Å². The fourth-order valence-electron chi connectivity index (χ4n) is 6.39. The molecule has 2 aliphatic rings. The van der Waals surface area contributed by atoms with Crippen molar-refractivity contribution in [1.29, 1.82) is 0 Å². The van der Waals surface area contributed by atoms with Crippen LogP contribution in [0.15, 0.2) is 53.3 Å². The molecule has 3 N–H and O–H groups in total. The van der Waals surface area contributed by atoms with Gasteiger partial charge in [-0.25, -0.2) is 8.42 Å². The average Bonchev–Trinajstić information content (AvgIpc) is 3.24. The van der Waals surface area contributed by atoms with Crippen LogP contribution in [0.3, 0.4) is 0 Å². The maximum absolute atomic E-state index is 13.8. The molecule has 0 bridgehead atoms. The van der Waals surface area contributed by atoms with E-state index >= 15 is 0 Å². The van der Waals surface area contributed by atoms with Gasteiger partial charge in [0.2, 0.25) is 33.0 Å². The first-order chi connectivity index (χ1) is 22.9. The zero-order chi connectivity index (χ0) is 34.7. The zero-order valence-corrected chi connectivity index (χ0v) is 28.8. The highest BCUT2D eigenvalue weighted by Crippen LogP contribution is 2.50. The molecule has 2 atom stereocenters. The standard InChI is InChI=1S/C35H42N4O8S/c1-20(2)32(35(42)37-23-9-11-24(12-10-23)39-16-7-17-48(39,43)44)38-28-15-13-25-26(19-29(28)41)27(36-21(3)40)14-8-22-18-30(45-4)33(46-5)34(47-6)31(22)25/h9-13,15,18-20,27,32H,7-8,14,16-17H2,1-6H3,(H,36,40)(H,37,42)(H,38,41)/t27-,32-/m0/s1. The number of nitrogens with one attached hydrogen (secondary N) is 3. The fourth-order valence-corrected chi connectivity index (χ4v) is 7.95. The van der Waals surface area contributed by atoms with E-state index in [9.17, 15) is 22.8 Å². The summed E-state index contributed by atoms with van der Waals surface area (Å²) in [7, 11) is 1.29. The Morgan fingerprint density at radius 1 is 0.958 bits per heavy atom. The van der Waals surface area contributed by atoms with Gasteiger partial charge < -0.3 is 30.2 Å². The molecule has 0 radical (unpaired) electrons. The largest absolute Gasteiger partial charge is 0.493 e. The summed E-state index contributed by atoms with van der Waals surface area (Å²) in [6.45, 7) is 5.60. The van der Waals surface area contributed by atoms with Crippen molar-refractivity contribution in [3.05, 3.63) is 69.9 Å². The molecule has 1 fully saturated rings. The number of fused-ring (bicyclic) bond motifs is 3. The third kappa shape index (κ3) is 6.91. The predicted octanol–water partition coefficient (Wildman–Crippen LogP) is 4.48. The Morgan fingerprint density at radius 2 is 1.67 bits per heavy atom. The smallest absolute Gasteiger partial charge is 0.247 e. The molecular formula is C35H42N4O8S. The predicted molar refractivity (Wildman–Crippen MR) is 186 cm³/mol. The maximum atomic E-state index is 13.8. The van der Waals surface area contributed by atoms with Crippen LogP contribution >= 0.6 is 0 Å². The number of hydrogen-bond acceptors (Lipinski definition) is 9. The molecule has 1 heterocycles. The molecule has 2 amide bonds. The minimum Gasteiger partial charge on any atom is -0.493 e. The maximum Gasteiger partial charge on any atom is 0.247 e. The highest BCUT2D eigenvalue weighted by Gasteiger charge is 2.31. The number of carbonyl (C=O) groups excluding carboxylic acids is 2. The molecule has 0 spiro atoms. The number of nitrogens with zero attached hydrogens (tertiary/aromatic N) is 1. The van der Waals surface area contributed by atoms with E-state index in [1.54, 1.807) is 43.5 Å². The van der Waals surface area contributed by atoms with Crippen LogP contribution in [-0.2, 0) is 26.0 Å². The number of methoxy groups -OCH3 is 3. The van der Waals surface area contributed by atoms with Gasteiger partial charge in [0.15, 0.2) is 11.5 Å². The minimum atomic E-state index is -3.32. The van der Waals surface area contributed by atoms with Gasteiger partial charge >= 0.3 is 0 Å². The van der Waals surface area contributed by atoms with Crippen LogP contribution in [0.25, 0.3) is 11.1 Å². The van der Waals surface area contributed by atoms with Gasteiger partial charge in [-0.3, -0.25) is 18.7 Å². The van der Waals surface area contributed by atoms with Gasteiger partial charge in [-0.1, -0.05) is 19.9 Å². The monoisotopic (exact) mass is 678 g/mol.